The maximum absolute atomic E-state index is 9.12. The van der Waals surface area contributed by atoms with Crippen molar-refractivity contribution in [1.29, 1.82) is 0 Å². The molecule has 0 saturated heterocycles. The maximum Gasteiger partial charge on any atom is 0.123 e. The summed E-state index contributed by atoms with van der Waals surface area (Å²) in [5.41, 5.74) is 2.16. The van der Waals surface area contributed by atoms with Gasteiger partial charge >= 0.3 is 0 Å². The van der Waals surface area contributed by atoms with Crippen molar-refractivity contribution in [2.45, 2.75) is 25.9 Å². The summed E-state index contributed by atoms with van der Waals surface area (Å²) in [5, 5.41) is 12.4. The van der Waals surface area contributed by atoms with Crippen LogP contribution in [0.4, 0.5) is 0 Å². The van der Waals surface area contributed by atoms with E-state index in [2.05, 4.69) is 27.9 Å². The number of imidazole rings is 1. The first-order chi connectivity index (χ1) is 8.26. The van der Waals surface area contributed by atoms with E-state index in [0.717, 1.165) is 23.3 Å². The lowest BCUT2D eigenvalue weighted by molar-refractivity contribution is 0.237. The summed E-state index contributed by atoms with van der Waals surface area (Å²) >= 11 is 0. The normalized spacial score (nSPS) is 13.1. The zero-order valence-corrected chi connectivity index (χ0v) is 10.3. The molecule has 0 bridgehead atoms. The number of aliphatic hydroxyl groups is 1. The minimum atomic E-state index is 0.148. The molecule has 2 N–H and O–H groups in total. The highest BCUT2D eigenvalue weighted by molar-refractivity contribution is 5.75. The number of rotatable bonds is 5. The van der Waals surface area contributed by atoms with Crippen LogP contribution in [0.1, 0.15) is 19.2 Å². The number of nitrogens with zero attached hydrogens (tertiary/aromatic N) is 2. The van der Waals surface area contributed by atoms with E-state index in [4.69, 9.17) is 5.11 Å². The number of aryl methyl sites for hydroxylation is 1. The van der Waals surface area contributed by atoms with Crippen LogP contribution in [0.25, 0.3) is 11.0 Å². The molecule has 2 rings (SSSR count). The molecule has 0 saturated carbocycles. The predicted octanol–water partition coefficient (Wildman–Crippen LogP) is 1.43. The Morgan fingerprint density at radius 2 is 2.18 bits per heavy atom. The predicted molar refractivity (Wildman–Crippen MR) is 68.7 cm³/mol. The van der Waals surface area contributed by atoms with Crippen molar-refractivity contribution in [2.75, 3.05) is 6.61 Å². The van der Waals surface area contributed by atoms with Gasteiger partial charge in [0.05, 0.1) is 24.2 Å². The third-order valence-corrected chi connectivity index (χ3v) is 3.14. The van der Waals surface area contributed by atoms with Crippen LogP contribution >= 0.6 is 0 Å². The fourth-order valence-electron chi connectivity index (χ4n) is 1.93. The maximum atomic E-state index is 9.12. The molecule has 0 aliphatic carbocycles. The second-order valence-corrected chi connectivity index (χ2v) is 4.24. The third kappa shape index (κ3) is 2.48. The Kier molecular flexibility index (Phi) is 3.76. The van der Waals surface area contributed by atoms with Crippen molar-refractivity contribution in [3.05, 3.63) is 30.1 Å². The standard InChI is InChI=1S/C13H19N3O/c1-3-10(9-17)14-8-13-15-11-6-4-5-7-12(11)16(13)2/h4-7,10,14,17H,3,8-9H2,1-2H3/t10-/m0/s1. The van der Waals surface area contributed by atoms with Crippen LogP contribution in [0.15, 0.2) is 24.3 Å². The number of hydrogen-bond donors (Lipinski definition) is 2. The molecule has 0 radical (unpaired) electrons. The fraction of sp³-hybridized carbons (Fsp3) is 0.462. The molecular weight excluding hydrogens is 214 g/mol. The number of para-hydroxylation sites is 2. The topological polar surface area (TPSA) is 50.1 Å². The van der Waals surface area contributed by atoms with Gasteiger partial charge < -0.3 is 15.0 Å². The molecule has 1 aromatic carbocycles. The van der Waals surface area contributed by atoms with E-state index in [1.807, 2.05) is 25.2 Å². The molecule has 1 atom stereocenters. The molecule has 0 aliphatic heterocycles. The number of aliphatic hydroxyl groups excluding tert-OH is 1. The molecule has 0 amide bonds. The molecule has 92 valence electrons. The van der Waals surface area contributed by atoms with Gasteiger partial charge in [-0.05, 0) is 18.6 Å². The van der Waals surface area contributed by atoms with Crippen molar-refractivity contribution in [2.24, 2.45) is 7.05 Å². The molecule has 1 heterocycles. The highest BCUT2D eigenvalue weighted by atomic mass is 16.3. The van der Waals surface area contributed by atoms with E-state index in [-0.39, 0.29) is 12.6 Å². The molecule has 4 heteroatoms. The average molecular weight is 233 g/mol. The van der Waals surface area contributed by atoms with Gasteiger partial charge in [0.15, 0.2) is 0 Å². The van der Waals surface area contributed by atoms with E-state index in [1.54, 1.807) is 0 Å². The van der Waals surface area contributed by atoms with Gasteiger partial charge in [0.2, 0.25) is 0 Å². The highest BCUT2D eigenvalue weighted by Gasteiger charge is 2.09. The molecule has 0 aliphatic rings. The van der Waals surface area contributed by atoms with Crippen molar-refractivity contribution in [1.82, 2.24) is 14.9 Å². The van der Waals surface area contributed by atoms with E-state index in [9.17, 15) is 0 Å². The minimum absolute atomic E-state index is 0.148. The fourth-order valence-corrected chi connectivity index (χ4v) is 1.93. The Morgan fingerprint density at radius 1 is 1.41 bits per heavy atom. The Bertz CT molecular complexity index is 488. The molecule has 0 fully saturated rings. The summed E-state index contributed by atoms with van der Waals surface area (Å²) in [4.78, 5) is 4.57. The first-order valence-electron chi connectivity index (χ1n) is 6.00. The van der Waals surface area contributed by atoms with E-state index in [0.29, 0.717) is 6.54 Å². The SMILES string of the molecule is CC[C@@H](CO)NCc1nc2ccccc2n1C. The second kappa shape index (κ2) is 5.29. The first-order valence-corrected chi connectivity index (χ1v) is 6.00. The average Bonchev–Trinajstić information content (AvgIpc) is 2.68. The lowest BCUT2D eigenvalue weighted by Crippen LogP contribution is -2.32. The number of aromatic nitrogens is 2. The van der Waals surface area contributed by atoms with Gasteiger partial charge in [-0.2, -0.15) is 0 Å². The second-order valence-electron chi connectivity index (χ2n) is 4.24. The van der Waals surface area contributed by atoms with Crippen molar-refractivity contribution in [3.63, 3.8) is 0 Å². The Hall–Kier alpha value is -1.39. The Morgan fingerprint density at radius 3 is 2.82 bits per heavy atom. The van der Waals surface area contributed by atoms with Gasteiger partial charge in [-0.25, -0.2) is 4.98 Å². The van der Waals surface area contributed by atoms with E-state index < -0.39 is 0 Å². The molecule has 17 heavy (non-hydrogen) atoms. The van der Waals surface area contributed by atoms with Gasteiger partial charge in [0, 0.05) is 13.1 Å². The van der Waals surface area contributed by atoms with Crippen LogP contribution < -0.4 is 5.32 Å². The van der Waals surface area contributed by atoms with Gasteiger partial charge in [0.25, 0.3) is 0 Å². The van der Waals surface area contributed by atoms with Crippen LogP contribution in [-0.4, -0.2) is 27.3 Å². The summed E-state index contributed by atoms with van der Waals surface area (Å²) in [6, 6.07) is 8.24. The minimum Gasteiger partial charge on any atom is -0.395 e. The summed E-state index contributed by atoms with van der Waals surface area (Å²) in [7, 11) is 2.02. The molecule has 2 aromatic rings. The first kappa shape index (κ1) is 12.1. The van der Waals surface area contributed by atoms with E-state index >= 15 is 0 Å². The zero-order chi connectivity index (χ0) is 12.3. The third-order valence-electron chi connectivity index (χ3n) is 3.14. The van der Waals surface area contributed by atoms with E-state index in [1.165, 1.54) is 0 Å². The molecule has 1 aromatic heterocycles. The smallest absolute Gasteiger partial charge is 0.123 e. The molecular formula is C13H19N3O. The number of benzene rings is 1. The van der Waals surface area contributed by atoms with Gasteiger partial charge in [-0.3, -0.25) is 0 Å². The summed E-state index contributed by atoms with van der Waals surface area (Å²) < 4.78 is 2.09. The van der Waals surface area contributed by atoms with Gasteiger partial charge in [-0.1, -0.05) is 19.1 Å². The van der Waals surface area contributed by atoms with Crippen molar-refractivity contribution >= 4 is 11.0 Å². The Balaban J connectivity index is 2.16. The summed E-state index contributed by atoms with van der Waals surface area (Å²) in [6.45, 7) is 2.91. The molecule has 4 nitrogen and oxygen atoms in total. The molecule has 0 unspecified atom stereocenters. The lowest BCUT2D eigenvalue weighted by atomic mass is 10.2. The van der Waals surface area contributed by atoms with Crippen molar-refractivity contribution in [3.8, 4) is 0 Å². The monoisotopic (exact) mass is 233 g/mol. The van der Waals surface area contributed by atoms with Crippen LogP contribution in [-0.2, 0) is 13.6 Å². The van der Waals surface area contributed by atoms with Crippen LogP contribution in [0.5, 0.6) is 0 Å². The van der Waals surface area contributed by atoms with Crippen LogP contribution in [0, 0.1) is 0 Å². The highest BCUT2D eigenvalue weighted by Crippen LogP contribution is 2.14. The number of hydrogen-bond acceptors (Lipinski definition) is 3. The molecule has 0 spiro atoms. The summed E-state index contributed by atoms with van der Waals surface area (Å²) in [5.74, 6) is 0.998. The number of fused-ring (bicyclic) bond motifs is 1. The zero-order valence-electron chi connectivity index (χ0n) is 10.3. The quantitative estimate of drug-likeness (QED) is 0.821. The summed E-state index contributed by atoms with van der Waals surface area (Å²) in [6.07, 6.45) is 0.917. The van der Waals surface area contributed by atoms with Gasteiger partial charge in [0.1, 0.15) is 5.82 Å². The van der Waals surface area contributed by atoms with Crippen LogP contribution in [0.3, 0.4) is 0 Å². The van der Waals surface area contributed by atoms with Crippen molar-refractivity contribution < 1.29 is 5.11 Å². The number of nitrogens with one attached hydrogen (secondary N) is 1. The van der Waals surface area contributed by atoms with Crippen LogP contribution in [0.2, 0.25) is 0 Å². The lowest BCUT2D eigenvalue weighted by Gasteiger charge is -2.13. The van der Waals surface area contributed by atoms with Gasteiger partial charge in [-0.15, -0.1) is 0 Å². The largest absolute Gasteiger partial charge is 0.395 e. The Labute approximate surface area is 101 Å².